The molecule has 1 aromatic carbocycles. The average Bonchev–Trinajstić information content (AvgIpc) is 2.74. The highest BCUT2D eigenvalue weighted by Gasteiger charge is 2.25. The van der Waals surface area contributed by atoms with Crippen LogP contribution >= 0.6 is 0 Å². The molecule has 0 radical (unpaired) electrons. The first-order chi connectivity index (χ1) is 8.61. The minimum atomic E-state index is -0.592. The second-order valence-electron chi connectivity index (χ2n) is 3.92. The molecule has 1 atom stereocenters. The van der Waals surface area contributed by atoms with Gasteiger partial charge in [0.05, 0.1) is 11.0 Å². The topological polar surface area (TPSA) is 108 Å². The lowest BCUT2D eigenvalue weighted by Gasteiger charge is -2.12. The van der Waals surface area contributed by atoms with Crippen LogP contribution in [0.3, 0.4) is 0 Å². The second-order valence-corrected chi connectivity index (χ2v) is 3.92. The molecule has 0 aliphatic carbocycles. The zero-order valence-electron chi connectivity index (χ0n) is 9.34. The Morgan fingerprint density at radius 1 is 1.56 bits per heavy atom. The van der Waals surface area contributed by atoms with Crippen molar-refractivity contribution in [2.75, 3.05) is 11.9 Å². The summed E-state index contributed by atoms with van der Waals surface area (Å²) in [6, 6.07) is 6.08. The lowest BCUT2D eigenvalue weighted by atomic mass is 10.1. The summed E-state index contributed by atoms with van der Waals surface area (Å²) in [7, 11) is 0. The Labute approximate surface area is 103 Å². The standard InChI is InChI=1S/C11H10N4O3/c12-5-7-2-1-3-9(11(7)15(17)18)14-8-4-10(16)13-6-8/h1-3,8,14H,4,6H2,(H,13,16). The van der Waals surface area contributed by atoms with E-state index >= 15 is 0 Å². The number of nitriles is 1. The average molecular weight is 246 g/mol. The second kappa shape index (κ2) is 4.71. The molecule has 0 saturated carbocycles. The van der Waals surface area contributed by atoms with Crippen molar-refractivity contribution < 1.29 is 9.72 Å². The number of hydrogen-bond acceptors (Lipinski definition) is 5. The first kappa shape index (κ1) is 11.9. The van der Waals surface area contributed by atoms with Gasteiger partial charge >= 0.3 is 5.69 Å². The van der Waals surface area contributed by atoms with Crippen molar-refractivity contribution >= 4 is 17.3 Å². The molecular weight excluding hydrogens is 236 g/mol. The van der Waals surface area contributed by atoms with Gasteiger partial charge in [0, 0.05) is 13.0 Å². The van der Waals surface area contributed by atoms with Gasteiger partial charge in [0.15, 0.2) is 0 Å². The molecule has 0 bridgehead atoms. The Kier molecular flexibility index (Phi) is 3.10. The van der Waals surface area contributed by atoms with Gasteiger partial charge in [-0.15, -0.1) is 0 Å². The van der Waals surface area contributed by atoms with Crippen molar-refractivity contribution in [1.82, 2.24) is 5.32 Å². The van der Waals surface area contributed by atoms with Crippen LogP contribution in [0.15, 0.2) is 18.2 Å². The summed E-state index contributed by atoms with van der Waals surface area (Å²) < 4.78 is 0. The summed E-state index contributed by atoms with van der Waals surface area (Å²) in [6.45, 7) is 0.423. The maximum Gasteiger partial charge on any atom is 0.309 e. The van der Waals surface area contributed by atoms with Gasteiger partial charge in [-0.1, -0.05) is 6.07 Å². The van der Waals surface area contributed by atoms with Gasteiger partial charge in [0.25, 0.3) is 0 Å². The third-order valence-corrected chi connectivity index (χ3v) is 2.68. The zero-order chi connectivity index (χ0) is 13.1. The number of anilines is 1. The summed E-state index contributed by atoms with van der Waals surface area (Å²) in [5.41, 5.74) is 0.0159. The number of nitrogens with zero attached hydrogens (tertiary/aromatic N) is 2. The molecule has 1 fully saturated rings. The summed E-state index contributed by atoms with van der Waals surface area (Å²) in [4.78, 5) is 21.4. The molecule has 92 valence electrons. The van der Waals surface area contributed by atoms with E-state index in [9.17, 15) is 14.9 Å². The van der Waals surface area contributed by atoms with Crippen LogP contribution in [0, 0.1) is 21.4 Å². The molecule has 1 saturated heterocycles. The number of nitro benzene ring substituents is 1. The molecule has 7 heteroatoms. The quantitative estimate of drug-likeness (QED) is 0.604. The molecule has 2 N–H and O–H groups in total. The number of nitro groups is 1. The Morgan fingerprint density at radius 2 is 2.33 bits per heavy atom. The summed E-state index contributed by atoms with van der Waals surface area (Å²) in [6.07, 6.45) is 0.272. The molecule has 1 amide bonds. The van der Waals surface area contributed by atoms with Gasteiger partial charge < -0.3 is 10.6 Å². The van der Waals surface area contributed by atoms with Crippen LogP contribution in [0.25, 0.3) is 0 Å². The van der Waals surface area contributed by atoms with Crippen LogP contribution in [0.5, 0.6) is 0 Å². The first-order valence-corrected chi connectivity index (χ1v) is 5.32. The maximum atomic E-state index is 11.0. The van der Waals surface area contributed by atoms with Gasteiger partial charge in [-0.2, -0.15) is 5.26 Å². The van der Waals surface area contributed by atoms with Crippen molar-refractivity contribution in [2.45, 2.75) is 12.5 Å². The van der Waals surface area contributed by atoms with Crippen molar-refractivity contribution in [1.29, 1.82) is 5.26 Å². The first-order valence-electron chi connectivity index (χ1n) is 5.32. The lowest BCUT2D eigenvalue weighted by Crippen LogP contribution is -2.22. The van der Waals surface area contributed by atoms with E-state index in [1.54, 1.807) is 12.1 Å². The van der Waals surface area contributed by atoms with Crippen LogP contribution in [0.1, 0.15) is 12.0 Å². The summed E-state index contributed by atoms with van der Waals surface area (Å²) >= 11 is 0. The van der Waals surface area contributed by atoms with Crippen molar-refractivity contribution in [3.8, 4) is 6.07 Å². The third-order valence-electron chi connectivity index (χ3n) is 2.68. The molecule has 2 rings (SSSR count). The third kappa shape index (κ3) is 2.22. The van der Waals surface area contributed by atoms with Crippen molar-refractivity contribution in [2.24, 2.45) is 0 Å². The van der Waals surface area contributed by atoms with Crippen molar-refractivity contribution in [3.63, 3.8) is 0 Å². The molecule has 0 spiro atoms. The molecule has 1 heterocycles. The molecule has 1 aliphatic rings. The summed E-state index contributed by atoms with van der Waals surface area (Å²) in [5.74, 6) is -0.0911. The van der Waals surface area contributed by atoms with Crippen LogP contribution in [-0.4, -0.2) is 23.4 Å². The predicted octanol–water partition coefficient (Wildman–Crippen LogP) is 0.767. The smallest absolute Gasteiger partial charge is 0.309 e. The molecule has 0 aromatic heterocycles. The van der Waals surface area contributed by atoms with Gasteiger partial charge in [0.1, 0.15) is 17.3 Å². The van der Waals surface area contributed by atoms with Crippen LogP contribution in [-0.2, 0) is 4.79 Å². The van der Waals surface area contributed by atoms with Gasteiger partial charge in [-0.3, -0.25) is 14.9 Å². The molecular formula is C11H10N4O3. The number of nitrogens with one attached hydrogen (secondary N) is 2. The largest absolute Gasteiger partial charge is 0.374 e. The van der Waals surface area contributed by atoms with Crippen LogP contribution < -0.4 is 10.6 Å². The van der Waals surface area contributed by atoms with Gasteiger partial charge in [-0.05, 0) is 12.1 Å². The fourth-order valence-electron chi connectivity index (χ4n) is 1.87. The Bertz CT molecular complexity index is 550. The number of hydrogen-bond donors (Lipinski definition) is 2. The number of para-hydroxylation sites is 1. The van der Waals surface area contributed by atoms with E-state index in [-0.39, 0.29) is 35.3 Å². The predicted molar refractivity (Wildman–Crippen MR) is 62.8 cm³/mol. The Morgan fingerprint density at radius 3 is 2.89 bits per heavy atom. The lowest BCUT2D eigenvalue weighted by molar-refractivity contribution is -0.384. The van der Waals surface area contributed by atoms with Crippen molar-refractivity contribution in [3.05, 3.63) is 33.9 Å². The van der Waals surface area contributed by atoms with E-state index in [2.05, 4.69) is 10.6 Å². The SMILES string of the molecule is N#Cc1cccc(NC2CNC(=O)C2)c1[N+](=O)[O-]. The molecule has 1 unspecified atom stereocenters. The highest BCUT2D eigenvalue weighted by Crippen LogP contribution is 2.29. The number of rotatable bonds is 3. The fraction of sp³-hybridized carbons (Fsp3) is 0.273. The maximum absolute atomic E-state index is 11.0. The number of benzene rings is 1. The normalized spacial score (nSPS) is 17.9. The van der Waals surface area contributed by atoms with Crippen LogP contribution in [0.4, 0.5) is 11.4 Å². The molecule has 1 aromatic rings. The highest BCUT2D eigenvalue weighted by atomic mass is 16.6. The van der Waals surface area contributed by atoms with Gasteiger partial charge in [-0.25, -0.2) is 0 Å². The van der Waals surface area contributed by atoms with E-state index in [4.69, 9.17) is 5.26 Å². The fourth-order valence-corrected chi connectivity index (χ4v) is 1.87. The number of carbonyl (C=O) groups excluding carboxylic acids is 1. The number of amides is 1. The van der Waals surface area contributed by atoms with E-state index < -0.39 is 4.92 Å². The molecule has 18 heavy (non-hydrogen) atoms. The van der Waals surface area contributed by atoms with E-state index in [1.165, 1.54) is 12.1 Å². The highest BCUT2D eigenvalue weighted by molar-refractivity contribution is 5.80. The minimum Gasteiger partial charge on any atom is -0.374 e. The monoisotopic (exact) mass is 246 g/mol. The Hall–Kier alpha value is -2.62. The van der Waals surface area contributed by atoms with Gasteiger partial charge in [0.2, 0.25) is 5.91 Å². The van der Waals surface area contributed by atoms with E-state index in [0.29, 0.717) is 6.54 Å². The number of carbonyl (C=O) groups is 1. The molecule has 1 aliphatic heterocycles. The van der Waals surface area contributed by atoms with E-state index in [0.717, 1.165) is 0 Å². The zero-order valence-corrected chi connectivity index (χ0v) is 9.34. The minimum absolute atomic E-state index is 0.00211. The Balaban J connectivity index is 2.30. The summed E-state index contributed by atoms with van der Waals surface area (Å²) in [5, 5.41) is 25.4. The van der Waals surface area contributed by atoms with E-state index in [1.807, 2.05) is 0 Å². The van der Waals surface area contributed by atoms with Crippen LogP contribution in [0.2, 0.25) is 0 Å². The molecule has 7 nitrogen and oxygen atoms in total.